The highest BCUT2D eigenvalue weighted by molar-refractivity contribution is 5.99. The SMILES string of the molecule is Cc1cc2c(n1CC1CCC(C)C1)CC(C)(C)CC2=O. The maximum atomic E-state index is 12.3. The maximum absolute atomic E-state index is 12.3. The van der Waals surface area contributed by atoms with Crippen LogP contribution in [0.1, 0.15) is 68.2 Å². The number of nitrogens with zero attached hydrogens (tertiary/aromatic N) is 1. The van der Waals surface area contributed by atoms with E-state index in [4.69, 9.17) is 0 Å². The van der Waals surface area contributed by atoms with E-state index in [1.54, 1.807) is 0 Å². The number of hydrogen-bond donors (Lipinski definition) is 0. The lowest BCUT2D eigenvalue weighted by Gasteiger charge is -2.30. The summed E-state index contributed by atoms with van der Waals surface area (Å²) in [7, 11) is 0. The second-order valence-corrected chi connectivity index (χ2v) is 7.98. The van der Waals surface area contributed by atoms with Gasteiger partial charge in [0.15, 0.2) is 5.78 Å². The first kappa shape index (κ1) is 13.9. The minimum absolute atomic E-state index is 0.121. The molecule has 0 radical (unpaired) electrons. The van der Waals surface area contributed by atoms with E-state index in [0.29, 0.717) is 12.2 Å². The molecule has 2 nitrogen and oxygen atoms in total. The molecule has 1 aromatic rings. The maximum Gasteiger partial charge on any atom is 0.165 e. The molecule has 0 aromatic carbocycles. The van der Waals surface area contributed by atoms with Crippen LogP contribution < -0.4 is 0 Å². The summed E-state index contributed by atoms with van der Waals surface area (Å²) < 4.78 is 2.46. The van der Waals surface area contributed by atoms with Gasteiger partial charge >= 0.3 is 0 Å². The van der Waals surface area contributed by atoms with E-state index in [9.17, 15) is 4.79 Å². The Morgan fingerprint density at radius 2 is 2.05 bits per heavy atom. The lowest BCUT2D eigenvalue weighted by Crippen LogP contribution is -2.28. The van der Waals surface area contributed by atoms with E-state index in [1.807, 2.05) is 0 Å². The molecule has 2 atom stereocenters. The van der Waals surface area contributed by atoms with Crippen LogP contribution in [0.4, 0.5) is 0 Å². The predicted molar refractivity (Wildman–Crippen MR) is 82.1 cm³/mol. The average Bonchev–Trinajstić information content (AvgIpc) is 2.86. The third-order valence-corrected chi connectivity index (χ3v) is 5.25. The van der Waals surface area contributed by atoms with E-state index in [1.165, 1.54) is 30.7 Å². The van der Waals surface area contributed by atoms with Gasteiger partial charge in [-0.1, -0.05) is 27.2 Å². The Morgan fingerprint density at radius 1 is 1.30 bits per heavy atom. The van der Waals surface area contributed by atoms with Crippen molar-refractivity contribution in [1.29, 1.82) is 0 Å². The van der Waals surface area contributed by atoms with Gasteiger partial charge in [-0.3, -0.25) is 4.79 Å². The molecule has 110 valence electrons. The monoisotopic (exact) mass is 273 g/mol. The molecule has 2 aliphatic rings. The van der Waals surface area contributed by atoms with Gasteiger partial charge in [0.05, 0.1) is 0 Å². The third kappa shape index (κ3) is 2.45. The summed E-state index contributed by atoms with van der Waals surface area (Å²) in [4.78, 5) is 12.3. The molecule has 0 N–H and O–H groups in total. The number of aromatic nitrogens is 1. The van der Waals surface area contributed by atoms with Gasteiger partial charge in [-0.2, -0.15) is 0 Å². The number of carbonyl (C=O) groups excluding carboxylic acids is 1. The van der Waals surface area contributed by atoms with Crippen molar-refractivity contribution in [2.24, 2.45) is 17.3 Å². The fourth-order valence-electron chi connectivity index (χ4n) is 4.21. The number of fused-ring (bicyclic) bond motifs is 1. The smallest absolute Gasteiger partial charge is 0.165 e. The van der Waals surface area contributed by atoms with Crippen molar-refractivity contribution in [2.75, 3.05) is 0 Å². The molecule has 2 unspecified atom stereocenters. The molecule has 1 aromatic heterocycles. The lowest BCUT2D eigenvalue weighted by atomic mass is 9.76. The normalized spacial score (nSPS) is 28.7. The molecule has 20 heavy (non-hydrogen) atoms. The minimum Gasteiger partial charge on any atom is -0.348 e. The Morgan fingerprint density at radius 3 is 2.70 bits per heavy atom. The highest BCUT2D eigenvalue weighted by Gasteiger charge is 2.34. The van der Waals surface area contributed by atoms with Gasteiger partial charge in [-0.05, 0) is 49.5 Å². The number of hydrogen-bond acceptors (Lipinski definition) is 1. The molecule has 0 aliphatic heterocycles. The van der Waals surface area contributed by atoms with Gasteiger partial charge in [-0.25, -0.2) is 0 Å². The van der Waals surface area contributed by atoms with E-state index in [2.05, 4.69) is 38.3 Å². The summed E-state index contributed by atoms with van der Waals surface area (Å²) in [5.41, 5.74) is 3.71. The van der Waals surface area contributed by atoms with Crippen LogP contribution in [0.2, 0.25) is 0 Å². The predicted octanol–water partition coefficient (Wildman–Crippen LogP) is 4.39. The van der Waals surface area contributed by atoms with Crippen molar-refractivity contribution in [3.8, 4) is 0 Å². The van der Waals surface area contributed by atoms with E-state index >= 15 is 0 Å². The van der Waals surface area contributed by atoms with Crippen molar-refractivity contribution in [1.82, 2.24) is 4.57 Å². The first-order valence-electron chi connectivity index (χ1n) is 8.08. The van der Waals surface area contributed by atoms with E-state index < -0.39 is 0 Å². The van der Waals surface area contributed by atoms with Gasteiger partial charge in [0.2, 0.25) is 0 Å². The number of ketones is 1. The van der Waals surface area contributed by atoms with Crippen LogP contribution in [0.5, 0.6) is 0 Å². The quantitative estimate of drug-likeness (QED) is 0.783. The largest absolute Gasteiger partial charge is 0.348 e. The second-order valence-electron chi connectivity index (χ2n) is 7.98. The molecule has 1 heterocycles. The summed E-state index contributed by atoms with van der Waals surface area (Å²) in [6.07, 6.45) is 5.82. The van der Waals surface area contributed by atoms with Crippen LogP contribution in [0.3, 0.4) is 0 Å². The summed E-state index contributed by atoms with van der Waals surface area (Å²) in [6.45, 7) is 10.1. The summed E-state index contributed by atoms with van der Waals surface area (Å²) in [5.74, 6) is 2.03. The number of carbonyl (C=O) groups is 1. The third-order valence-electron chi connectivity index (χ3n) is 5.25. The van der Waals surface area contributed by atoms with E-state index in [-0.39, 0.29) is 5.41 Å². The fourth-order valence-corrected chi connectivity index (χ4v) is 4.21. The van der Waals surface area contributed by atoms with Crippen LogP contribution in [0, 0.1) is 24.2 Å². The summed E-state index contributed by atoms with van der Waals surface area (Å²) >= 11 is 0. The van der Waals surface area contributed by atoms with Crippen molar-refractivity contribution in [3.05, 3.63) is 23.0 Å². The van der Waals surface area contributed by atoms with Gasteiger partial charge in [0, 0.05) is 29.9 Å². The Balaban J connectivity index is 1.90. The number of rotatable bonds is 2. The molecule has 1 saturated carbocycles. The molecule has 0 bridgehead atoms. The van der Waals surface area contributed by atoms with Gasteiger partial charge in [-0.15, -0.1) is 0 Å². The van der Waals surface area contributed by atoms with Crippen LogP contribution in [0.15, 0.2) is 6.07 Å². The Kier molecular flexibility index (Phi) is 3.30. The van der Waals surface area contributed by atoms with Crippen molar-refractivity contribution in [2.45, 2.75) is 66.3 Å². The highest BCUT2D eigenvalue weighted by atomic mass is 16.1. The van der Waals surface area contributed by atoms with Gasteiger partial charge < -0.3 is 4.57 Å². The molecule has 2 heteroatoms. The Hall–Kier alpha value is -1.05. The summed E-state index contributed by atoms with van der Waals surface area (Å²) in [6, 6.07) is 2.13. The zero-order valence-electron chi connectivity index (χ0n) is 13.3. The topological polar surface area (TPSA) is 22.0 Å². The van der Waals surface area contributed by atoms with Crippen LogP contribution in [0.25, 0.3) is 0 Å². The van der Waals surface area contributed by atoms with Gasteiger partial charge in [0.1, 0.15) is 0 Å². The molecule has 0 saturated heterocycles. The molecular formula is C18H27NO. The number of aryl methyl sites for hydroxylation is 1. The zero-order valence-corrected chi connectivity index (χ0v) is 13.3. The van der Waals surface area contributed by atoms with E-state index in [0.717, 1.165) is 30.4 Å². The summed E-state index contributed by atoms with van der Waals surface area (Å²) in [5, 5.41) is 0. The van der Waals surface area contributed by atoms with Gasteiger partial charge in [0.25, 0.3) is 0 Å². The van der Waals surface area contributed by atoms with Crippen LogP contribution in [-0.2, 0) is 13.0 Å². The fraction of sp³-hybridized carbons (Fsp3) is 0.722. The van der Waals surface area contributed by atoms with Crippen molar-refractivity contribution < 1.29 is 4.79 Å². The molecule has 0 spiro atoms. The van der Waals surface area contributed by atoms with Crippen molar-refractivity contribution in [3.63, 3.8) is 0 Å². The number of Topliss-reactive ketones (excluding diaryl/α,β-unsaturated/α-hetero) is 1. The van der Waals surface area contributed by atoms with Crippen LogP contribution in [-0.4, -0.2) is 10.4 Å². The molecule has 0 amide bonds. The molecular weight excluding hydrogens is 246 g/mol. The zero-order chi connectivity index (χ0) is 14.5. The first-order valence-corrected chi connectivity index (χ1v) is 8.08. The molecule has 2 aliphatic carbocycles. The molecule has 3 rings (SSSR count). The second kappa shape index (κ2) is 4.75. The first-order chi connectivity index (χ1) is 9.35. The Bertz CT molecular complexity index is 538. The molecule has 1 fully saturated rings. The Labute approximate surface area is 122 Å². The van der Waals surface area contributed by atoms with Crippen molar-refractivity contribution >= 4 is 5.78 Å². The minimum atomic E-state index is 0.121. The highest BCUT2D eigenvalue weighted by Crippen LogP contribution is 2.38. The standard InChI is InChI=1S/C18H27NO/c1-12-5-6-14(7-12)11-19-13(2)8-15-16(19)9-18(3,4)10-17(15)20/h8,12,14H,5-7,9-11H2,1-4H3. The average molecular weight is 273 g/mol. The lowest BCUT2D eigenvalue weighted by molar-refractivity contribution is 0.0909. The van der Waals surface area contributed by atoms with Crippen LogP contribution >= 0.6 is 0 Å².